The van der Waals surface area contributed by atoms with E-state index in [0.717, 1.165) is 42.3 Å². The minimum absolute atomic E-state index is 0.0322. The summed E-state index contributed by atoms with van der Waals surface area (Å²) in [5.41, 5.74) is 1.80. The van der Waals surface area contributed by atoms with Gasteiger partial charge in [-0.25, -0.2) is 0 Å². The van der Waals surface area contributed by atoms with E-state index < -0.39 is 0 Å². The molecule has 0 aliphatic carbocycles. The van der Waals surface area contributed by atoms with Crippen molar-refractivity contribution in [1.29, 1.82) is 0 Å². The average Bonchev–Trinajstić information content (AvgIpc) is 2.84. The number of hydrogen-bond acceptors (Lipinski definition) is 2. The maximum absolute atomic E-state index is 12.8. The molecular weight excluding hydrogens is 252 g/mol. The number of carbonyl (C=O) groups is 1. The van der Waals surface area contributed by atoms with Gasteiger partial charge in [0.25, 0.3) is 5.91 Å². The second-order valence-electron chi connectivity index (χ2n) is 5.50. The third kappa shape index (κ3) is 2.10. The van der Waals surface area contributed by atoms with Gasteiger partial charge < -0.3 is 14.6 Å². The minimum atomic E-state index is -0.0322. The molecule has 1 atom stereocenters. The maximum Gasteiger partial charge on any atom is 0.256 e. The number of amides is 1. The zero-order valence-corrected chi connectivity index (χ0v) is 11.7. The van der Waals surface area contributed by atoms with Crippen LogP contribution in [0, 0.1) is 0 Å². The number of aromatic nitrogens is 1. The summed E-state index contributed by atoms with van der Waals surface area (Å²) in [6.07, 6.45) is 4.90. The maximum atomic E-state index is 12.8. The third-order valence-electron chi connectivity index (χ3n) is 4.23. The Labute approximate surface area is 118 Å². The number of nitrogens with zero attached hydrogens (tertiary/aromatic N) is 2. The molecule has 0 saturated carbocycles. The predicted molar refractivity (Wildman–Crippen MR) is 78.7 cm³/mol. The molecule has 2 aromatic rings. The van der Waals surface area contributed by atoms with Gasteiger partial charge >= 0.3 is 0 Å². The smallest absolute Gasteiger partial charge is 0.256 e. The fraction of sp³-hybridized carbons (Fsp3) is 0.438. The molecule has 1 unspecified atom stereocenters. The summed E-state index contributed by atoms with van der Waals surface area (Å²) in [6.45, 7) is 0.795. The lowest BCUT2D eigenvalue weighted by Crippen LogP contribution is -2.45. The molecule has 4 heteroatoms. The Morgan fingerprint density at radius 2 is 2.15 bits per heavy atom. The summed E-state index contributed by atoms with van der Waals surface area (Å²) >= 11 is 0. The Bertz CT molecular complexity index is 632. The van der Waals surface area contributed by atoms with E-state index >= 15 is 0 Å². The molecule has 0 bridgehead atoms. The van der Waals surface area contributed by atoms with E-state index in [2.05, 4.69) is 0 Å². The highest BCUT2D eigenvalue weighted by Gasteiger charge is 2.28. The van der Waals surface area contributed by atoms with Gasteiger partial charge in [0.1, 0.15) is 0 Å². The van der Waals surface area contributed by atoms with Crippen LogP contribution >= 0.6 is 0 Å². The van der Waals surface area contributed by atoms with Gasteiger partial charge in [-0.15, -0.1) is 0 Å². The summed E-state index contributed by atoms with van der Waals surface area (Å²) in [5, 5.41) is 10.5. The van der Waals surface area contributed by atoms with Crippen LogP contribution in [0.2, 0.25) is 0 Å². The summed E-state index contributed by atoms with van der Waals surface area (Å²) in [7, 11) is 1.96. The number of aliphatic hydroxyl groups is 1. The largest absolute Gasteiger partial charge is 0.394 e. The van der Waals surface area contributed by atoms with Crippen LogP contribution < -0.4 is 0 Å². The zero-order valence-electron chi connectivity index (χ0n) is 11.7. The lowest BCUT2D eigenvalue weighted by Gasteiger charge is -2.34. The number of carbonyl (C=O) groups excluding carboxylic acids is 1. The molecule has 1 aromatic carbocycles. The van der Waals surface area contributed by atoms with Gasteiger partial charge in [-0.05, 0) is 25.3 Å². The number of aliphatic hydroxyl groups excluding tert-OH is 1. The van der Waals surface area contributed by atoms with Crippen LogP contribution in [0.15, 0.2) is 30.5 Å². The second kappa shape index (κ2) is 5.29. The lowest BCUT2D eigenvalue weighted by atomic mass is 10.0. The molecule has 0 radical (unpaired) electrons. The van der Waals surface area contributed by atoms with Crippen LogP contribution in [0.4, 0.5) is 0 Å². The van der Waals surface area contributed by atoms with Crippen LogP contribution in [0.1, 0.15) is 29.6 Å². The number of rotatable bonds is 2. The highest BCUT2D eigenvalue weighted by atomic mass is 16.3. The first kappa shape index (κ1) is 13.2. The lowest BCUT2D eigenvalue weighted by molar-refractivity contribution is 0.0505. The number of piperidine rings is 1. The van der Waals surface area contributed by atoms with E-state index in [1.807, 2.05) is 47.0 Å². The van der Waals surface area contributed by atoms with E-state index in [9.17, 15) is 9.90 Å². The molecule has 1 aliphatic rings. The van der Waals surface area contributed by atoms with E-state index in [1.165, 1.54) is 0 Å². The van der Waals surface area contributed by atoms with Crippen molar-refractivity contribution in [2.24, 2.45) is 7.05 Å². The van der Waals surface area contributed by atoms with Crippen molar-refractivity contribution in [1.82, 2.24) is 9.47 Å². The minimum Gasteiger partial charge on any atom is -0.394 e. The first-order valence-electron chi connectivity index (χ1n) is 7.18. The number of likely N-dealkylation sites (tertiary alicyclic amines) is 1. The zero-order chi connectivity index (χ0) is 14.1. The second-order valence-corrected chi connectivity index (χ2v) is 5.50. The normalized spacial score (nSPS) is 19.5. The van der Waals surface area contributed by atoms with E-state index in [-0.39, 0.29) is 18.6 Å². The standard InChI is InChI=1S/C16H20N2O2/c1-17-10-14(13-7-2-3-8-15(13)17)16(20)18-9-5-4-6-12(18)11-19/h2-3,7-8,10,12,19H,4-6,9,11H2,1H3. The van der Waals surface area contributed by atoms with Gasteiger partial charge in [-0.3, -0.25) is 4.79 Å². The molecule has 1 amide bonds. The Morgan fingerprint density at radius 1 is 1.35 bits per heavy atom. The summed E-state index contributed by atoms with van der Waals surface area (Å²) < 4.78 is 1.99. The molecule has 1 aromatic heterocycles. The highest BCUT2D eigenvalue weighted by molar-refractivity contribution is 6.07. The summed E-state index contributed by atoms with van der Waals surface area (Å²) in [6, 6.07) is 7.91. The fourth-order valence-electron chi connectivity index (χ4n) is 3.12. The molecule has 3 rings (SSSR count). The van der Waals surface area contributed by atoms with Gasteiger partial charge in [0.15, 0.2) is 0 Å². The monoisotopic (exact) mass is 272 g/mol. The number of para-hydroxylation sites is 1. The molecule has 1 aliphatic heterocycles. The third-order valence-corrected chi connectivity index (χ3v) is 4.23. The van der Waals surface area contributed by atoms with Crippen molar-refractivity contribution < 1.29 is 9.90 Å². The molecule has 106 valence electrons. The molecule has 4 nitrogen and oxygen atoms in total. The summed E-state index contributed by atoms with van der Waals surface area (Å²) in [5.74, 6) is 0.0422. The van der Waals surface area contributed by atoms with Crippen LogP contribution in [-0.2, 0) is 7.05 Å². The average molecular weight is 272 g/mol. The molecule has 1 saturated heterocycles. The molecule has 0 spiro atoms. The van der Waals surface area contributed by atoms with E-state index in [1.54, 1.807) is 0 Å². The van der Waals surface area contributed by atoms with Crippen LogP contribution in [0.25, 0.3) is 10.9 Å². The van der Waals surface area contributed by atoms with Gasteiger partial charge in [0.05, 0.1) is 18.2 Å². The summed E-state index contributed by atoms with van der Waals surface area (Å²) in [4.78, 5) is 14.6. The molecule has 2 heterocycles. The van der Waals surface area contributed by atoms with Gasteiger partial charge in [0.2, 0.25) is 0 Å². The van der Waals surface area contributed by atoms with E-state index in [0.29, 0.717) is 0 Å². The molecule has 1 N–H and O–H groups in total. The SMILES string of the molecule is Cn1cc(C(=O)N2CCCCC2CO)c2ccccc21. The quantitative estimate of drug-likeness (QED) is 0.910. The number of hydrogen-bond donors (Lipinski definition) is 1. The molecule has 20 heavy (non-hydrogen) atoms. The van der Waals surface area contributed by atoms with Gasteiger partial charge in [-0.2, -0.15) is 0 Å². The first-order valence-corrected chi connectivity index (χ1v) is 7.18. The number of aryl methyl sites for hydroxylation is 1. The first-order chi connectivity index (χ1) is 9.72. The number of fused-ring (bicyclic) bond motifs is 1. The molecular formula is C16H20N2O2. The van der Waals surface area contributed by atoms with Crippen molar-refractivity contribution in [3.8, 4) is 0 Å². The molecule has 1 fully saturated rings. The van der Waals surface area contributed by atoms with Crippen molar-refractivity contribution in [3.63, 3.8) is 0 Å². The van der Waals surface area contributed by atoms with Gasteiger partial charge in [0, 0.05) is 30.7 Å². The fourth-order valence-corrected chi connectivity index (χ4v) is 3.12. The Morgan fingerprint density at radius 3 is 2.95 bits per heavy atom. The Balaban J connectivity index is 2.00. The highest BCUT2D eigenvalue weighted by Crippen LogP contribution is 2.25. The van der Waals surface area contributed by atoms with Gasteiger partial charge in [-0.1, -0.05) is 18.2 Å². The number of benzene rings is 1. The van der Waals surface area contributed by atoms with E-state index in [4.69, 9.17) is 0 Å². The van der Waals surface area contributed by atoms with Crippen LogP contribution in [-0.4, -0.2) is 39.7 Å². The van der Waals surface area contributed by atoms with Crippen molar-refractivity contribution in [2.75, 3.05) is 13.2 Å². The topological polar surface area (TPSA) is 45.5 Å². The van der Waals surface area contributed by atoms with Crippen molar-refractivity contribution in [2.45, 2.75) is 25.3 Å². The van der Waals surface area contributed by atoms with Crippen LogP contribution in [0.3, 0.4) is 0 Å². The predicted octanol–water partition coefficient (Wildman–Crippen LogP) is 2.17. The Kier molecular flexibility index (Phi) is 3.49. The van der Waals surface area contributed by atoms with Crippen LogP contribution in [0.5, 0.6) is 0 Å². The Hall–Kier alpha value is -1.81. The van der Waals surface area contributed by atoms with Crippen molar-refractivity contribution in [3.05, 3.63) is 36.0 Å². The van der Waals surface area contributed by atoms with Crippen molar-refractivity contribution >= 4 is 16.8 Å².